The van der Waals surface area contributed by atoms with Gasteiger partial charge in [-0.05, 0) is 91.1 Å². The molecule has 1 heterocycles. The Morgan fingerprint density at radius 1 is 0.978 bits per heavy atom. The summed E-state index contributed by atoms with van der Waals surface area (Å²) in [5, 5.41) is 25.4. The molecule has 3 saturated carbocycles. The molecule has 0 unspecified atom stereocenters. The topological polar surface area (TPSA) is 68.2 Å². The molecule has 4 aliphatic carbocycles. The lowest BCUT2D eigenvalue weighted by Crippen LogP contribution is -2.58. The maximum atomic E-state index is 12.9. The van der Waals surface area contributed by atoms with Crippen LogP contribution in [0.3, 0.4) is 0 Å². The summed E-state index contributed by atoms with van der Waals surface area (Å²) in [5.41, 5.74) is 2.64. The van der Waals surface area contributed by atoms with Crippen LogP contribution in [0.15, 0.2) is 35.4 Å². The van der Waals surface area contributed by atoms with E-state index in [1.807, 2.05) is 6.92 Å². The first kappa shape index (κ1) is 33.4. The molecule has 5 aliphatic rings. The zero-order valence-corrected chi connectivity index (χ0v) is 30.6. The number of fused-ring (bicyclic) bond motifs is 4. The van der Waals surface area contributed by atoms with E-state index >= 15 is 0 Å². The summed E-state index contributed by atoms with van der Waals surface area (Å²) in [5.74, 6) is 6.42. The fraction of sp³-hybridized carbons (Fsp3) is 0.744. The van der Waals surface area contributed by atoms with Crippen LogP contribution in [0.2, 0.25) is 18.1 Å². The van der Waals surface area contributed by atoms with Gasteiger partial charge in [0.15, 0.2) is 19.7 Å². The smallest absolute Gasteiger partial charge is 0.192 e. The van der Waals surface area contributed by atoms with Crippen LogP contribution in [0, 0.1) is 29.1 Å². The van der Waals surface area contributed by atoms with E-state index in [2.05, 4.69) is 97.7 Å². The third kappa shape index (κ3) is 5.24. The molecule has 7 atom stereocenters. The Morgan fingerprint density at radius 2 is 1.62 bits per heavy atom. The van der Waals surface area contributed by atoms with Crippen molar-refractivity contribution in [1.29, 1.82) is 0 Å². The van der Waals surface area contributed by atoms with Crippen LogP contribution >= 0.6 is 0 Å². The normalized spacial score (nSPS) is 38.0. The third-order valence-electron chi connectivity index (χ3n) is 13.2. The Labute approximate surface area is 273 Å². The molecule has 0 aromatic heterocycles. The van der Waals surface area contributed by atoms with E-state index in [1.54, 1.807) is 0 Å². The second-order valence-corrected chi connectivity index (χ2v) is 22.5. The van der Waals surface area contributed by atoms with Gasteiger partial charge >= 0.3 is 0 Å². The molecule has 5 nitrogen and oxygen atoms in total. The molecule has 0 bridgehead atoms. The SMILES string of the molecule is CC#C[C@]1(O)[C@H](O[Si](C)(C)C(C)(C)C)C[C@H]2[C@@H]3CC[C@@]4(O)CC5(CCC4=C3[C@@H](c3ccc(C(C)(C)C)cc3)C[C@@]21C)OCCO5. The molecule has 248 valence electrons. The van der Waals surface area contributed by atoms with Crippen LogP contribution in [0.1, 0.15) is 117 Å². The Morgan fingerprint density at radius 3 is 2.20 bits per heavy atom. The van der Waals surface area contributed by atoms with Crippen molar-refractivity contribution in [3.8, 4) is 11.8 Å². The highest BCUT2D eigenvalue weighted by molar-refractivity contribution is 6.74. The Balaban J connectivity index is 1.49. The molecule has 2 N–H and O–H groups in total. The minimum Gasteiger partial charge on any atom is -0.410 e. The molecular weight excluding hydrogens is 577 g/mol. The van der Waals surface area contributed by atoms with Crippen LogP contribution in [-0.2, 0) is 19.3 Å². The van der Waals surface area contributed by atoms with Crippen LogP contribution in [0.4, 0.5) is 0 Å². The number of rotatable bonds is 3. The van der Waals surface area contributed by atoms with Crippen molar-refractivity contribution in [1.82, 2.24) is 0 Å². The summed E-state index contributed by atoms with van der Waals surface area (Å²) < 4.78 is 19.4. The molecule has 1 aromatic rings. The number of ether oxygens (including phenoxy) is 2. The van der Waals surface area contributed by atoms with Crippen molar-refractivity contribution in [2.45, 2.75) is 153 Å². The summed E-state index contributed by atoms with van der Waals surface area (Å²) in [4.78, 5) is 0. The summed E-state index contributed by atoms with van der Waals surface area (Å²) in [6.45, 7) is 23.5. The van der Waals surface area contributed by atoms with Crippen molar-refractivity contribution in [2.75, 3.05) is 13.2 Å². The lowest BCUT2D eigenvalue weighted by Gasteiger charge is -2.57. The fourth-order valence-corrected chi connectivity index (χ4v) is 10.9. The van der Waals surface area contributed by atoms with E-state index in [4.69, 9.17) is 13.9 Å². The summed E-state index contributed by atoms with van der Waals surface area (Å²) >= 11 is 0. The molecule has 1 aliphatic heterocycles. The molecule has 6 heteroatoms. The lowest BCUT2D eigenvalue weighted by atomic mass is 9.49. The van der Waals surface area contributed by atoms with Crippen LogP contribution < -0.4 is 0 Å². The van der Waals surface area contributed by atoms with Gasteiger partial charge < -0.3 is 24.1 Å². The maximum absolute atomic E-state index is 12.9. The molecule has 6 rings (SSSR count). The molecule has 1 spiro atoms. The van der Waals surface area contributed by atoms with Crippen molar-refractivity contribution >= 4 is 8.32 Å². The van der Waals surface area contributed by atoms with Crippen molar-refractivity contribution < 1.29 is 24.1 Å². The number of allylic oxidation sites excluding steroid dienone is 1. The molecule has 0 radical (unpaired) electrons. The summed E-state index contributed by atoms with van der Waals surface area (Å²) in [6, 6.07) is 9.18. The van der Waals surface area contributed by atoms with Gasteiger partial charge in [-0.1, -0.05) is 84.2 Å². The first-order valence-electron chi connectivity index (χ1n) is 17.5. The van der Waals surface area contributed by atoms with Gasteiger partial charge in [0.2, 0.25) is 0 Å². The molecular formula is C39H58O5Si. The molecule has 45 heavy (non-hydrogen) atoms. The van der Waals surface area contributed by atoms with Crippen molar-refractivity contribution in [3.63, 3.8) is 0 Å². The first-order chi connectivity index (χ1) is 20.8. The van der Waals surface area contributed by atoms with Crippen LogP contribution in [0.25, 0.3) is 0 Å². The number of aliphatic hydroxyl groups is 2. The second kappa shape index (κ2) is 10.8. The number of hydrogen-bond donors (Lipinski definition) is 2. The van der Waals surface area contributed by atoms with Crippen molar-refractivity contribution in [2.24, 2.45) is 17.3 Å². The van der Waals surface area contributed by atoms with E-state index in [0.717, 1.165) is 32.1 Å². The van der Waals surface area contributed by atoms with Crippen molar-refractivity contribution in [3.05, 3.63) is 46.5 Å². The van der Waals surface area contributed by atoms with Gasteiger partial charge in [-0.2, -0.15) is 0 Å². The van der Waals surface area contributed by atoms with E-state index in [9.17, 15) is 10.2 Å². The zero-order chi connectivity index (χ0) is 32.8. The minimum absolute atomic E-state index is 0.0243. The highest BCUT2D eigenvalue weighted by Gasteiger charge is 2.69. The third-order valence-corrected chi connectivity index (χ3v) is 17.6. The van der Waals surface area contributed by atoms with Crippen LogP contribution in [-0.4, -0.2) is 54.8 Å². The summed E-state index contributed by atoms with van der Waals surface area (Å²) in [6.07, 6.45) is 4.87. The second-order valence-electron chi connectivity index (χ2n) is 17.8. The first-order valence-corrected chi connectivity index (χ1v) is 20.4. The average molecular weight is 635 g/mol. The Hall–Kier alpha value is -1.46. The largest absolute Gasteiger partial charge is 0.410 e. The number of hydrogen-bond acceptors (Lipinski definition) is 5. The standard InChI is InChI=1S/C39H58O5Si/c1-11-18-39(41)32(44-45(9,10)35(5,6)7)23-31-28-16-19-37(40)25-38(42-21-22-43-38)20-17-30(37)33(28)29(24-36(31,39)8)26-12-14-27(15-13-26)34(2,3)4/h12-15,28-29,31-32,40-41H,16-17,19-25H2,1-10H3/t28-,29+,31-,32+,36-,37+,39-/m0/s1. The highest BCUT2D eigenvalue weighted by Crippen LogP contribution is 2.68. The van der Waals surface area contributed by atoms with Gasteiger partial charge in [0.25, 0.3) is 0 Å². The predicted molar refractivity (Wildman–Crippen MR) is 182 cm³/mol. The van der Waals surface area contributed by atoms with Crippen LogP contribution in [0.5, 0.6) is 0 Å². The molecule has 1 aromatic carbocycles. The van der Waals surface area contributed by atoms with Gasteiger partial charge in [-0.3, -0.25) is 0 Å². The summed E-state index contributed by atoms with van der Waals surface area (Å²) in [7, 11) is -2.20. The van der Waals surface area contributed by atoms with E-state index in [0.29, 0.717) is 26.1 Å². The van der Waals surface area contributed by atoms with E-state index in [-0.39, 0.29) is 34.3 Å². The Kier molecular flexibility index (Phi) is 8.01. The quantitative estimate of drug-likeness (QED) is 0.200. The van der Waals surface area contributed by atoms with E-state index < -0.39 is 30.7 Å². The van der Waals surface area contributed by atoms with E-state index in [1.165, 1.54) is 22.3 Å². The Bertz CT molecular complexity index is 1400. The average Bonchev–Trinajstić information content (AvgIpc) is 3.46. The maximum Gasteiger partial charge on any atom is 0.192 e. The fourth-order valence-electron chi connectivity index (χ4n) is 9.60. The molecule has 1 saturated heterocycles. The van der Waals surface area contributed by atoms with Gasteiger partial charge in [0.1, 0.15) is 0 Å². The van der Waals surface area contributed by atoms with Gasteiger partial charge in [-0.25, -0.2) is 0 Å². The van der Waals surface area contributed by atoms with Gasteiger partial charge in [0, 0.05) is 24.2 Å². The molecule has 0 amide bonds. The van der Waals surface area contributed by atoms with Gasteiger partial charge in [0.05, 0.1) is 24.9 Å². The molecule has 4 fully saturated rings. The highest BCUT2D eigenvalue weighted by atomic mass is 28.4. The minimum atomic E-state index is -2.20. The monoisotopic (exact) mass is 634 g/mol. The lowest BCUT2D eigenvalue weighted by molar-refractivity contribution is -0.208. The number of benzene rings is 1. The predicted octanol–water partition coefficient (Wildman–Crippen LogP) is 8.01. The van der Waals surface area contributed by atoms with Gasteiger partial charge in [-0.15, -0.1) is 5.92 Å². The zero-order valence-electron chi connectivity index (χ0n) is 29.6.